The normalized spacial score (nSPS) is 11.6. The molecule has 0 aromatic carbocycles. The zero-order valence-corrected chi connectivity index (χ0v) is 11.4. The Balaban J connectivity index is 2.43. The number of halogens is 1. The van der Waals surface area contributed by atoms with Crippen molar-refractivity contribution in [3.63, 3.8) is 0 Å². The lowest BCUT2D eigenvalue weighted by atomic mass is 10.2. The third-order valence-corrected chi connectivity index (χ3v) is 3.03. The molecule has 0 atom stereocenters. The fourth-order valence-electron chi connectivity index (χ4n) is 1.64. The Hall–Kier alpha value is -0.350. The van der Waals surface area contributed by atoms with Crippen molar-refractivity contribution in [2.75, 3.05) is 18.4 Å². The van der Waals surface area contributed by atoms with E-state index in [4.69, 9.17) is 0 Å². The van der Waals surface area contributed by atoms with Gasteiger partial charge >= 0.3 is 0 Å². The lowest BCUT2D eigenvalue weighted by Crippen LogP contribution is -2.34. The van der Waals surface area contributed by atoms with Crippen LogP contribution in [0.1, 0.15) is 19.5 Å². The first kappa shape index (κ1) is 12.7. The number of hydrogen-bond donors (Lipinski definition) is 0. The Bertz CT molecular complexity index is 283. The molecule has 0 unspecified atom stereocenters. The Morgan fingerprint density at radius 3 is 2.67 bits per heavy atom. The Morgan fingerprint density at radius 1 is 1.47 bits per heavy atom. The van der Waals surface area contributed by atoms with E-state index in [-0.39, 0.29) is 0 Å². The van der Waals surface area contributed by atoms with E-state index in [0.29, 0.717) is 6.04 Å². The van der Waals surface area contributed by atoms with Crippen LogP contribution in [0.15, 0.2) is 12.3 Å². The van der Waals surface area contributed by atoms with Gasteiger partial charge in [0.1, 0.15) is 0 Å². The predicted octanol–water partition coefficient (Wildman–Crippen LogP) is 2.07. The minimum Gasteiger partial charge on any atom is -0.300 e. The maximum atomic E-state index is 4.17. The van der Waals surface area contributed by atoms with Crippen molar-refractivity contribution >= 4 is 15.9 Å². The molecule has 3 nitrogen and oxygen atoms in total. The van der Waals surface area contributed by atoms with Crippen molar-refractivity contribution < 1.29 is 0 Å². The van der Waals surface area contributed by atoms with Crippen LogP contribution in [0.25, 0.3) is 0 Å². The van der Waals surface area contributed by atoms with Gasteiger partial charge in [-0.3, -0.25) is 9.58 Å². The van der Waals surface area contributed by atoms with Crippen LogP contribution in [0.4, 0.5) is 0 Å². The molecule has 4 heteroatoms. The zero-order valence-electron chi connectivity index (χ0n) is 9.78. The second-order valence-electron chi connectivity index (χ2n) is 4.01. The minimum absolute atomic E-state index is 0.607. The lowest BCUT2D eigenvalue weighted by molar-refractivity contribution is 0.238. The molecule has 0 bridgehead atoms. The van der Waals surface area contributed by atoms with E-state index >= 15 is 0 Å². The molecule has 0 saturated carbocycles. The van der Waals surface area contributed by atoms with Gasteiger partial charge in [-0.15, -0.1) is 0 Å². The van der Waals surface area contributed by atoms with Gasteiger partial charge in [0.2, 0.25) is 0 Å². The quantitative estimate of drug-likeness (QED) is 0.740. The average Bonchev–Trinajstić information content (AvgIpc) is 2.58. The highest BCUT2D eigenvalue weighted by molar-refractivity contribution is 9.09. The van der Waals surface area contributed by atoms with E-state index < -0.39 is 0 Å². The van der Waals surface area contributed by atoms with Crippen molar-refractivity contribution in [2.24, 2.45) is 7.05 Å². The maximum Gasteiger partial charge on any atom is 0.0492 e. The number of nitrogens with zero attached hydrogens (tertiary/aromatic N) is 3. The molecular weight excluding hydrogens is 254 g/mol. The van der Waals surface area contributed by atoms with E-state index in [1.54, 1.807) is 0 Å². The third kappa shape index (κ3) is 3.95. The summed E-state index contributed by atoms with van der Waals surface area (Å²) < 4.78 is 1.95. The molecule has 15 heavy (non-hydrogen) atoms. The van der Waals surface area contributed by atoms with Crippen LogP contribution >= 0.6 is 15.9 Å². The molecule has 1 heterocycles. The van der Waals surface area contributed by atoms with E-state index in [1.165, 1.54) is 5.69 Å². The topological polar surface area (TPSA) is 21.1 Å². The zero-order chi connectivity index (χ0) is 11.3. The van der Waals surface area contributed by atoms with Gasteiger partial charge in [0.05, 0.1) is 0 Å². The number of aryl methyl sites for hydroxylation is 1. The van der Waals surface area contributed by atoms with Crippen LogP contribution in [-0.2, 0) is 13.5 Å². The van der Waals surface area contributed by atoms with Crippen molar-refractivity contribution in [1.82, 2.24) is 14.7 Å². The molecule has 0 aliphatic heterocycles. The number of aromatic nitrogens is 2. The van der Waals surface area contributed by atoms with Gasteiger partial charge < -0.3 is 0 Å². The van der Waals surface area contributed by atoms with Gasteiger partial charge in [-0.1, -0.05) is 15.9 Å². The first-order chi connectivity index (χ1) is 7.15. The van der Waals surface area contributed by atoms with E-state index in [1.807, 2.05) is 17.9 Å². The molecule has 1 aromatic rings. The fraction of sp³-hybridized carbons (Fsp3) is 0.727. The Labute approximate surface area is 101 Å². The third-order valence-electron chi connectivity index (χ3n) is 2.68. The highest BCUT2D eigenvalue weighted by Crippen LogP contribution is 2.04. The molecule has 0 aliphatic carbocycles. The molecule has 0 aliphatic rings. The summed E-state index contributed by atoms with van der Waals surface area (Å²) in [7, 11) is 2.00. The minimum atomic E-state index is 0.607. The van der Waals surface area contributed by atoms with Crippen molar-refractivity contribution in [2.45, 2.75) is 26.3 Å². The molecule has 0 saturated heterocycles. The largest absolute Gasteiger partial charge is 0.300 e. The molecule has 86 valence electrons. The number of hydrogen-bond acceptors (Lipinski definition) is 2. The average molecular weight is 274 g/mol. The van der Waals surface area contributed by atoms with Gasteiger partial charge in [-0.25, -0.2) is 0 Å². The predicted molar refractivity (Wildman–Crippen MR) is 67.4 cm³/mol. The SMILES string of the molecule is CC(C)N(CCBr)CCc1ccnn1C. The Morgan fingerprint density at radius 2 is 2.20 bits per heavy atom. The van der Waals surface area contributed by atoms with Crippen LogP contribution in [-0.4, -0.2) is 39.1 Å². The molecule has 1 aromatic heterocycles. The highest BCUT2D eigenvalue weighted by atomic mass is 79.9. The summed E-state index contributed by atoms with van der Waals surface area (Å²) in [5.74, 6) is 0. The molecular formula is C11H20BrN3. The van der Waals surface area contributed by atoms with Gasteiger partial charge in [0.15, 0.2) is 0 Å². The molecule has 0 spiro atoms. The van der Waals surface area contributed by atoms with Crippen LogP contribution in [0, 0.1) is 0 Å². The number of alkyl halides is 1. The maximum absolute atomic E-state index is 4.17. The first-order valence-corrected chi connectivity index (χ1v) is 6.54. The van der Waals surface area contributed by atoms with Crippen LogP contribution in [0.2, 0.25) is 0 Å². The van der Waals surface area contributed by atoms with E-state index in [0.717, 1.165) is 24.8 Å². The summed E-state index contributed by atoms with van der Waals surface area (Å²) in [6.45, 7) is 6.69. The summed E-state index contributed by atoms with van der Waals surface area (Å²) in [4.78, 5) is 2.47. The van der Waals surface area contributed by atoms with Gasteiger partial charge in [0, 0.05) is 49.8 Å². The van der Waals surface area contributed by atoms with Gasteiger partial charge in [-0.2, -0.15) is 5.10 Å². The molecule has 1 rings (SSSR count). The summed E-state index contributed by atoms with van der Waals surface area (Å²) in [6.07, 6.45) is 2.93. The fourth-order valence-corrected chi connectivity index (χ4v) is 2.10. The van der Waals surface area contributed by atoms with Gasteiger partial charge in [0.25, 0.3) is 0 Å². The molecule has 0 N–H and O–H groups in total. The second kappa shape index (κ2) is 6.28. The van der Waals surface area contributed by atoms with Crippen molar-refractivity contribution in [3.05, 3.63) is 18.0 Å². The molecule has 0 amide bonds. The van der Waals surface area contributed by atoms with Gasteiger partial charge in [-0.05, 0) is 19.9 Å². The summed E-state index contributed by atoms with van der Waals surface area (Å²) >= 11 is 3.49. The smallest absolute Gasteiger partial charge is 0.0492 e. The second-order valence-corrected chi connectivity index (χ2v) is 4.81. The lowest BCUT2D eigenvalue weighted by Gasteiger charge is -2.25. The standard InChI is InChI=1S/C11H20BrN3/c1-10(2)15(9-6-12)8-5-11-4-7-13-14(11)3/h4,7,10H,5-6,8-9H2,1-3H3. The van der Waals surface area contributed by atoms with Crippen molar-refractivity contribution in [3.8, 4) is 0 Å². The highest BCUT2D eigenvalue weighted by Gasteiger charge is 2.09. The number of rotatable bonds is 6. The summed E-state index contributed by atoms with van der Waals surface area (Å²) in [6, 6.07) is 2.70. The Kier molecular flexibility index (Phi) is 5.32. The van der Waals surface area contributed by atoms with Crippen LogP contribution in [0.3, 0.4) is 0 Å². The first-order valence-electron chi connectivity index (χ1n) is 5.42. The van der Waals surface area contributed by atoms with Crippen LogP contribution in [0.5, 0.6) is 0 Å². The van der Waals surface area contributed by atoms with Crippen molar-refractivity contribution in [1.29, 1.82) is 0 Å². The summed E-state index contributed by atoms with van der Waals surface area (Å²) in [5.41, 5.74) is 1.30. The molecule has 0 fully saturated rings. The van der Waals surface area contributed by atoms with E-state index in [9.17, 15) is 0 Å². The van der Waals surface area contributed by atoms with Crippen LogP contribution < -0.4 is 0 Å². The summed E-state index contributed by atoms with van der Waals surface area (Å²) in [5, 5.41) is 5.21. The molecule has 0 radical (unpaired) electrons. The van der Waals surface area contributed by atoms with E-state index in [2.05, 4.69) is 45.8 Å². The monoisotopic (exact) mass is 273 g/mol.